The lowest BCUT2D eigenvalue weighted by Crippen LogP contribution is -2.30. The van der Waals surface area contributed by atoms with Gasteiger partial charge in [-0.25, -0.2) is 9.13 Å². The summed E-state index contributed by atoms with van der Waals surface area (Å²) in [5.41, 5.74) is 0. The van der Waals surface area contributed by atoms with E-state index in [2.05, 4.69) is 55.4 Å². The van der Waals surface area contributed by atoms with Gasteiger partial charge in [-0.05, 0) is 49.4 Å². The Labute approximate surface area is 556 Å². The number of aliphatic hydroxyl groups is 1. The molecule has 0 spiro atoms. The van der Waals surface area contributed by atoms with Crippen molar-refractivity contribution in [1.29, 1.82) is 0 Å². The quantitative estimate of drug-likeness (QED) is 0.0222. The van der Waals surface area contributed by atoms with Gasteiger partial charge in [0, 0.05) is 25.7 Å². The molecule has 0 saturated heterocycles. The second-order valence-electron chi connectivity index (χ2n) is 27.6. The molecule has 19 heteroatoms. The summed E-state index contributed by atoms with van der Waals surface area (Å²) in [7, 11) is -9.91. The molecule has 0 saturated carbocycles. The fourth-order valence-corrected chi connectivity index (χ4v) is 12.4. The summed E-state index contributed by atoms with van der Waals surface area (Å²) >= 11 is 0. The smallest absolute Gasteiger partial charge is 0.462 e. The van der Waals surface area contributed by atoms with Crippen molar-refractivity contribution in [2.75, 3.05) is 39.6 Å². The summed E-state index contributed by atoms with van der Waals surface area (Å²) in [6.07, 6.45) is 44.5. The van der Waals surface area contributed by atoms with E-state index in [1.54, 1.807) is 0 Å². The zero-order valence-corrected chi connectivity index (χ0v) is 61.3. The molecule has 0 aliphatic rings. The standard InChI is InChI=1S/C72H140O17P2/c1-9-65(8)51-43-35-30-31-37-45-53-70(75)83-59-68(89-72(77)54-46-38-27-21-17-12-10-11-15-19-24-32-40-48-62(2)3)61-87-91(80,81)85-57-66(73)56-84-90(78,79)86-60-67(58-82-69(74)52-44-36-29-23-26-34-42-50-64(6)7)88-71(76)55-47-39-28-22-18-14-13-16-20-25-33-41-49-63(4)5/h62-68,73H,9-61H2,1-8H3,(H,78,79)(H,80,81)/t65?,66?,67-,68-/m1/s1. The second kappa shape index (κ2) is 61.6. The van der Waals surface area contributed by atoms with Crippen molar-refractivity contribution in [3.05, 3.63) is 0 Å². The van der Waals surface area contributed by atoms with Crippen LogP contribution >= 0.6 is 15.6 Å². The summed E-state index contributed by atoms with van der Waals surface area (Å²) in [6, 6.07) is 0. The Morgan fingerprint density at radius 3 is 0.780 bits per heavy atom. The van der Waals surface area contributed by atoms with E-state index in [-0.39, 0.29) is 25.7 Å². The van der Waals surface area contributed by atoms with Crippen LogP contribution in [-0.4, -0.2) is 96.7 Å². The maximum Gasteiger partial charge on any atom is 0.472 e. The number of esters is 4. The molecule has 0 aliphatic heterocycles. The number of phosphoric acid groups is 2. The van der Waals surface area contributed by atoms with Crippen molar-refractivity contribution in [3.8, 4) is 0 Å². The van der Waals surface area contributed by atoms with Gasteiger partial charge in [-0.3, -0.25) is 37.3 Å². The van der Waals surface area contributed by atoms with Crippen LogP contribution in [0.2, 0.25) is 0 Å². The van der Waals surface area contributed by atoms with Crippen LogP contribution in [0.1, 0.15) is 357 Å². The number of hydrogen-bond acceptors (Lipinski definition) is 15. The van der Waals surface area contributed by atoms with Crippen molar-refractivity contribution in [2.24, 2.45) is 23.7 Å². The molecule has 0 aromatic heterocycles. The van der Waals surface area contributed by atoms with Crippen LogP contribution in [0.15, 0.2) is 0 Å². The van der Waals surface area contributed by atoms with Gasteiger partial charge in [0.2, 0.25) is 0 Å². The lowest BCUT2D eigenvalue weighted by Gasteiger charge is -2.21. The Kier molecular flexibility index (Phi) is 60.3. The van der Waals surface area contributed by atoms with Crippen LogP contribution in [0.5, 0.6) is 0 Å². The monoisotopic (exact) mass is 1340 g/mol. The lowest BCUT2D eigenvalue weighted by molar-refractivity contribution is -0.161. The molecule has 6 atom stereocenters. The van der Waals surface area contributed by atoms with Crippen molar-refractivity contribution in [1.82, 2.24) is 0 Å². The summed E-state index contributed by atoms with van der Waals surface area (Å²) in [6.45, 7) is 14.1. The van der Waals surface area contributed by atoms with E-state index in [9.17, 15) is 43.2 Å². The molecule has 0 radical (unpaired) electrons. The van der Waals surface area contributed by atoms with E-state index in [1.807, 2.05) is 0 Å². The van der Waals surface area contributed by atoms with Gasteiger partial charge in [-0.2, -0.15) is 0 Å². The Bertz CT molecular complexity index is 1800. The minimum Gasteiger partial charge on any atom is -0.462 e. The highest BCUT2D eigenvalue weighted by Gasteiger charge is 2.30. The van der Waals surface area contributed by atoms with Gasteiger partial charge in [0.15, 0.2) is 12.2 Å². The van der Waals surface area contributed by atoms with Gasteiger partial charge in [-0.15, -0.1) is 0 Å². The number of carbonyl (C=O) groups excluding carboxylic acids is 4. The highest BCUT2D eigenvalue weighted by Crippen LogP contribution is 2.45. The van der Waals surface area contributed by atoms with Gasteiger partial charge in [0.05, 0.1) is 26.4 Å². The number of ether oxygens (including phenoxy) is 4. The minimum absolute atomic E-state index is 0.105. The number of unbranched alkanes of at least 4 members (excludes halogenated alkanes) is 34. The van der Waals surface area contributed by atoms with Gasteiger partial charge in [0.25, 0.3) is 0 Å². The molecular weight excluding hydrogens is 1200 g/mol. The Hall–Kier alpha value is -1.94. The van der Waals surface area contributed by atoms with Gasteiger partial charge in [0.1, 0.15) is 19.3 Å². The lowest BCUT2D eigenvalue weighted by atomic mass is 10.00. The predicted octanol–water partition coefficient (Wildman–Crippen LogP) is 20.5. The topological polar surface area (TPSA) is 237 Å². The zero-order chi connectivity index (χ0) is 67.5. The summed E-state index contributed by atoms with van der Waals surface area (Å²) in [5.74, 6) is 0.871. The first-order valence-electron chi connectivity index (χ1n) is 37.2. The number of rotatable bonds is 69. The molecule has 0 amide bonds. The van der Waals surface area contributed by atoms with E-state index in [0.717, 1.165) is 120 Å². The van der Waals surface area contributed by atoms with E-state index in [1.165, 1.54) is 148 Å². The van der Waals surface area contributed by atoms with Crippen LogP contribution < -0.4 is 0 Å². The van der Waals surface area contributed by atoms with Gasteiger partial charge < -0.3 is 33.8 Å². The highest BCUT2D eigenvalue weighted by molar-refractivity contribution is 7.47. The summed E-state index contributed by atoms with van der Waals surface area (Å²) < 4.78 is 68.3. The van der Waals surface area contributed by atoms with Crippen molar-refractivity contribution >= 4 is 39.5 Å². The minimum atomic E-state index is -4.95. The molecule has 0 heterocycles. The van der Waals surface area contributed by atoms with E-state index < -0.39 is 97.5 Å². The zero-order valence-electron chi connectivity index (χ0n) is 59.5. The fraction of sp³-hybridized carbons (Fsp3) is 0.944. The molecule has 0 rings (SSSR count). The first-order valence-corrected chi connectivity index (χ1v) is 40.2. The maximum absolute atomic E-state index is 13.0. The van der Waals surface area contributed by atoms with Crippen LogP contribution in [-0.2, 0) is 65.4 Å². The summed E-state index contributed by atoms with van der Waals surface area (Å²) in [5, 5.41) is 10.6. The van der Waals surface area contributed by atoms with Crippen molar-refractivity contribution in [3.63, 3.8) is 0 Å². The molecular formula is C72H140O17P2. The molecule has 0 aromatic carbocycles. The highest BCUT2D eigenvalue weighted by atomic mass is 31.2. The molecule has 91 heavy (non-hydrogen) atoms. The molecule has 0 bridgehead atoms. The first kappa shape index (κ1) is 89.1. The van der Waals surface area contributed by atoms with E-state index in [0.29, 0.717) is 31.6 Å². The van der Waals surface area contributed by atoms with Gasteiger partial charge in [-0.1, -0.05) is 306 Å². The van der Waals surface area contributed by atoms with E-state index >= 15 is 0 Å². The molecule has 17 nitrogen and oxygen atoms in total. The number of phosphoric ester groups is 2. The van der Waals surface area contributed by atoms with Crippen molar-refractivity contribution < 1.29 is 80.2 Å². The normalized spacial score (nSPS) is 14.5. The van der Waals surface area contributed by atoms with Crippen molar-refractivity contribution in [2.45, 2.75) is 375 Å². The first-order chi connectivity index (χ1) is 43.6. The fourth-order valence-electron chi connectivity index (χ4n) is 10.8. The third-order valence-electron chi connectivity index (χ3n) is 16.9. The predicted molar refractivity (Wildman–Crippen MR) is 367 cm³/mol. The van der Waals surface area contributed by atoms with Crippen LogP contribution in [0.4, 0.5) is 0 Å². The van der Waals surface area contributed by atoms with Gasteiger partial charge >= 0.3 is 39.5 Å². The van der Waals surface area contributed by atoms with Crippen LogP contribution in [0, 0.1) is 23.7 Å². The SMILES string of the molecule is CCC(C)CCCCCCCCC(=O)OC[C@H](COP(=O)(O)OCC(O)COP(=O)(O)OC[C@@H](COC(=O)CCCCCCCCCC(C)C)OC(=O)CCCCCCCCCCCCCCC(C)C)OC(=O)CCCCCCCCCCCCCCCC(C)C. The average Bonchev–Trinajstić information content (AvgIpc) is 3.59. The Morgan fingerprint density at radius 1 is 0.308 bits per heavy atom. The molecule has 4 unspecified atom stereocenters. The van der Waals surface area contributed by atoms with Crippen LogP contribution in [0.3, 0.4) is 0 Å². The summed E-state index contributed by atoms with van der Waals surface area (Å²) in [4.78, 5) is 72.6. The number of aliphatic hydroxyl groups excluding tert-OH is 1. The number of carbonyl (C=O) groups is 4. The molecule has 0 aromatic rings. The molecule has 0 fully saturated rings. The largest absolute Gasteiger partial charge is 0.472 e. The average molecular weight is 1340 g/mol. The third-order valence-corrected chi connectivity index (χ3v) is 18.8. The molecule has 0 aliphatic carbocycles. The second-order valence-corrected chi connectivity index (χ2v) is 30.6. The maximum atomic E-state index is 13.0. The van der Waals surface area contributed by atoms with E-state index in [4.69, 9.17) is 37.0 Å². The van der Waals surface area contributed by atoms with Crippen LogP contribution in [0.25, 0.3) is 0 Å². The third kappa shape index (κ3) is 65.1. The Morgan fingerprint density at radius 2 is 0.527 bits per heavy atom. The molecule has 3 N–H and O–H groups in total. The Balaban J connectivity index is 5.24. The number of hydrogen-bond donors (Lipinski definition) is 3. The molecule has 540 valence electrons.